The fourth-order valence-electron chi connectivity index (χ4n) is 10.1. The highest BCUT2D eigenvalue weighted by molar-refractivity contribution is 5.24. The molecular weight excluding hydrogens is 587 g/mol. The quantitative estimate of drug-likeness (QED) is 0.178. The Morgan fingerprint density at radius 1 is 0.333 bits per heavy atom. The zero-order valence-electron chi connectivity index (χ0n) is 27.8. The molecule has 244 valence electrons. The molecule has 0 bridgehead atoms. The predicted octanol–water partition coefficient (Wildman–Crippen LogP) is 9.90. The van der Waals surface area contributed by atoms with Gasteiger partial charge in [-0.2, -0.15) is 0 Å². The molecule has 0 spiro atoms. The Hall–Kier alpha value is -4.25. The van der Waals surface area contributed by atoms with Gasteiger partial charge in [0.05, 0.1) is 0 Å². The van der Waals surface area contributed by atoms with Gasteiger partial charge in [0.1, 0.15) is 0 Å². The zero-order valence-corrected chi connectivity index (χ0v) is 27.8. The molecule has 5 nitrogen and oxygen atoms in total. The van der Waals surface area contributed by atoms with Crippen molar-refractivity contribution in [1.82, 2.24) is 24.9 Å². The van der Waals surface area contributed by atoms with Crippen molar-refractivity contribution in [2.45, 2.75) is 87.4 Å². The summed E-state index contributed by atoms with van der Waals surface area (Å²) >= 11 is 0. The summed E-state index contributed by atoms with van der Waals surface area (Å²) in [4.78, 5) is 23.1. The van der Waals surface area contributed by atoms with Gasteiger partial charge in [0.2, 0.25) is 0 Å². The normalized spacial score (nSPS) is 30.8. The van der Waals surface area contributed by atoms with Crippen LogP contribution in [0.1, 0.15) is 115 Å². The van der Waals surface area contributed by atoms with Crippen LogP contribution in [0.5, 0.6) is 0 Å². The Labute approximate surface area is 285 Å². The van der Waals surface area contributed by atoms with Gasteiger partial charge in [-0.1, -0.05) is 18.2 Å². The number of aromatic nitrogens is 5. The minimum Gasteiger partial charge on any atom is -0.265 e. The molecule has 5 aromatic rings. The van der Waals surface area contributed by atoms with E-state index in [2.05, 4.69) is 93.9 Å². The summed E-state index contributed by atoms with van der Waals surface area (Å²) in [7, 11) is 0. The highest BCUT2D eigenvalue weighted by atomic mass is 14.7. The number of nitrogens with zero attached hydrogens (tertiary/aromatic N) is 5. The molecule has 5 heteroatoms. The Balaban J connectivity index is 1.12. The fraction of sp³-hybridized carbons (Fsp3) is 0.419. The number of pyridine rings is 5. The van der Waals surface area contributed by atoms with Crippen LogP contribution in [0.3, 0.4) is 0 Å². The maximum Gasteiger partial charge on any atom is 0.0434 e. The maximum atomic E-state index is 4.90. The van der Waals surface area contributed by atoms with Gasteiger partial charge in [-0.15, -0.1) is 0 Å². The lowest BCUT2D eigenvalue weighted by Crippen LogP contribution is -2.36. The van der Waals surface area contributed by atoms with Crippen LogP contribution in [-0.4, -0.2) is 24.9 Å². The molecular formula is C43H47N5. The number of hydrogen-bond donors (Lipinski definition) is 0. The first-order chi connectivity index (χ1) is 23.8. The molecule has 3 saturated carbocycles. The van der Waals surface area contributed by atoms with Crippen molar-refractivity contribution in [2.24, 2.45) is 23.7 Å². The van der Waals surface area contributed by atoms with Gasteiger partial charge in [-0.05, 0) is 171 Å². The first kappa shape index (κ1) is 31.0. The largest absolute Gasteiger partial charge is 0.265 e. The van der Waals surface area contributed by atoms with E-state index in [1.807, 2.05) is 43.4 Å². The predicted molar refractivity (Wildman–Crippen MR) is 190 cm³/mol. The van der Waals surface area contributed by atoms with Crippen molar-refractivity contribution in [3.8, 4) is 0 Å². The Morgan fingerprint density at radius 2 is 0.792 bits per heavy atom. The van der Waals surface area contributed by atoms with Crippen LogP contribution in [0.15, 0.2) is 122 Å². The monoisotopic (exact) mass is 633 g/mol. The molecule has 0 aliphatic heterocycles. The molecule has 3 fully saturated rings. The molecule has 5 aromatic heterocycles. The van der Waals surface area contributed by atoms with E-state index in [1.165, 1.54) is 79.4 Å². The average Bonchev–Trinajstić information content (AvgIpc) is 3.19. The summed E-state index contributed by atoms with van der Waals surface area (Å²) in [6.07, 6.45) is 27.1. The number of hydrogen-bond acceptors (Lipinski definition) is 5. The van der Waals surface area contributed by atoms with Crippen LogP contribution in [0.4, 0.5) is 0 Å². The summed E-state index contributed by atoms with van der Waals surface area (Å²) in [6.45, 7) is 0. The topological polar surface area (TPSA) is 64.5 Å². The highest BCUT2D eigenvalue weighted by Gasteiger charge is 2.43. The van der Waals surface area contributed by atoms with Crippen molar-refractivity contribution in [3.63, 3.8) is 0 Å². The first-order valence-corrected chi connectivity index (χ1v) is 18.3. The SMILES string of the molecule is c1ccc(C2CC(c3ccncc3)CC(C3CC(c4ccncc4)CC(C4CC(c5cccnc5)CC(c5ccccn5)C4)C3)C2)nc1. The lowest BCUT2D eigenvalue weighted by molar-refractivity contribution is 0.0807. The van der Waals surface area contributed by atoms with Gasteiger partial charge < -0.3 is 0 Å². The third-order valence-electron chi connectivity index (χ3n) is 12.3. The van der Waals surface area contributed by atoms with Crippen LogP contribution >= 0.6 is 0 Å². The molecule has 0 aromatic carbocycles. The second kappa shape index (κ2) is 14.5. The van der Waals surface area contributed by atoms with Gasteiger partial charge in [-0.25, -0.2) is 0 Å². The lowest BCUT2D eigenvalue weighted by atomic mass is 9.57. The van der Waals surface area contributed by atoms with Crippen LogP contribution in [-0.2, 0) is 0 Å². The van der Waals surface area contributed by atoms with Crippen molar-refractivity contribution in [3.05, 3.63) is 150 Å². The van der Waals surface area contributed by atoms with E-state index < -0.39 is 0 Å². The molecule has 0 saturated heterocycles. The summed E-state index contributed by atoms with van der Waals surface area (Å²) in [5, 5.41) is 0. The summed E-state index contributed by atoms with van der Waals surface area (Å²) in [6, 6.07) is 26.5. The molecule has 3 aliphatic rings. The Morgan fingerprint density at radius 3 is 1.25 bits per heavy atom. The van der Waals surface area contributed by atoms with Gasteiger partial charge in [0.25, 0.3) is 0 Å². The summed E-state index contributed by atoms with van der Waals surface area (Å²) in [5.41, 5.74) is 6.84. The maximum absolute atomic E-state index is 4.90. The zero-order chi connectivity index (χ0) is 32.1. The highest BCUT2D eigenvalue weighted by Crippen LogP contribution is 2.55. The van der Waals surface area contributed by atoms with E-state index in [0.717, 1.165) is 6.42 Å². The molecule has 0 N–H and O–H groups in total. The van der Waals surface area contributed by atoms with E-state index in [0.29, 0.717) is 53.3 Å². The van der Waals surface area contributed by atoms with Crippen LogP contribution < -0.4 is 0 Å². The molecule has 8 rings (SSSR count). The third kappa shape index (κ3) is 6.97. The van der Waals surface area contributed by atoms with E-state index in [1.54, 1.807) is 0 Å². The van der Waals surface area contributed by atoms with Crippen LogP contribution in [0, 0.1) is 23.7 Å². The van der Waals surface area contributed by atoms with Gasteiger partial charge in [0, 0.05) is 72.8 Å². The number of rotatable bonds is 7. The Kier molecular flexibility index (Phi) is 9.36. The van der Waals surface area contributed by atoms with Crippen molar-refractivity contribution in [1.29, 1.82) is 0 Å². The van der Waals surface area contributed by atoms with Crippen molar-refractivity contribution in [2.75, 3.05) is 0 Å². The van der Waals surface area contributed by atoms with E-state index in [-0.39, 0.29) is 0 Å². The van der Waals surface area contributed by atoms with Crippen molar-refractivity contribution < 1.29 is 0 Å². The van der Waals surface area contributed by atoms with Gasteiger partial charge in [0.15, 0.2) is 0 Å². The van der Waals surface area contributed by atoms with Crippen LogP contribution in [0.25, 0.3) is 0 Å². The molecule has 3 aliphatic carbocycles. The molecule has 5 heterocycles. The second-order valence-corrected chi connectivity index (χ2v) is 15.0. The molecule has 0 amide bonds. The fourth-order valence-corrected chi connectivity index (χ4v) is 10.1. The van der Waals surface area contributed by atoms with E-state index >= 15 is 0 Å². The minimum absolute atomic E-state index is 0.481. The van der Waals surface area contributed by atoms with Gasteiger partial charge in [-0.3, -0.25) is 24.9 Å². The average molecular weight is 634 g/mol. The van der Waals surface area contributed by atoms with E-state index in [9.17, 15) is 0 Å². The van der Waals surface area contributed by atoms with Crippen molar-refractivity contribution >= 4 is 0 Å². The van der Waals surface area contributed by atoms with Gasteiger partial charge >= 0.3 is 0 Å². The summed E-state index contributed by atoms with van der Waals surface area (Å²) in [5.74, 6) is 5.29. The molecule has 9 atom stereocenters. The first-order valence-electron chi connectivity index (χ1n) is 18.3. The molecule has 9 unspecified atom stereocenters. The Bertz CT molecular complexity index is 1500. The molecule has 0 radical (unpaired) electrons. The lowest BCUT2D eigenvalue weighted by Gasteiger charge is -2.47. The third-order valence-corrected chi connectivity index (χ3v) is 12.3. The van der Waals surface area contributed by atoms with Crippen LogP contribution in [0.2, 0.25) is 0 Å². The molecule has 48 heavy (non-hydrogen) atoms. The minimum atomic E-state index is 0.481. The summed E-state index contributed by atoms with van der Waals surface area (Å²) < 4.78 is 0. The van der Waals surface area contributed by atoms with E-state index in [4.69, 9.17) is 9.97 Å². The standard InChI is InChI=1S/C43H47N5/c1-3-14-47-42(7-1)40-25-34(31-11-18-45-19-12-31)22-38(27-40)36-20-33(30-9-16-44-17-10-30)21-37(24-36)39-23-35(32-6-5-13-46-29-32)26-41(28-39)43-8-2-4-15-48-43/h1-19,29,33-41H,20-28H2. The second-order valence-electron chi connectivity index (χ2n) is 15.0. The smallest absolute Gasteiger partial charge is 0.0434 e.